The van der Waals surface area contributed by atoms with Crippen LogP contribution in [0, 0.1) is 5.41 Å². The van der Waals surface area contributed by atoms with Gasteiger partial charge in [-0.15, -0.1) is 6.58 Å². The van der Waals surface area contributed by atoms with Crippen molar-refractivity contribution in [2.75, 3.05) is 13.1 Å². The number of rotatable bonds is 7. The largest absolute Gasteiger partial charge is 0.355 e. The minimum absolute atomic E-state index is 0.157. The summed E-state index contributed by atoms with van der Waals surface area (Å²) in [6, 6.07) is 9.96. The van der Waals surface area contributed by atoms with Gasteiger partial charge in [-0.2, -0.15) is 0 Å². The monoisotopic (exact) mass is 272 g/mol. The van der Waals surface area contributed by atoms with E-state index in [-0.39, 0.29) is 11.8 Å². The van der Waals surface area contributed by atoms with Gasteiger partial charge in [0.1, 0.15) is 5.41 Å². The first-order valence-electron chi connectivity index (χ1n) is 6.90. The Labute approximate surface area is 119 Å². The zero-order valence-corrected chi connectivity index (χ0v) is 11.5. The van der Waals surface area contributed by atoms with Gasteiger partial charge in [0, 0.05) is 13.1 Å². The van der Waals surface area contributed by atoms with Gasteiger partial charge in [-0.05, 0) is 24.8 Å². The molecule has 4 heteroatoms. The Morgan fingerprint density at radius 3 is 2.40 bits per heavy atom. The molecule has 20 heavy (non-hydrogen) atoms. The molecule has 1 fully saturated rings. The van der Waals surface area contributed by atoms with Crippen LogP contribution < -0.4 is 10.6 Å². The van der Waals surface area contributed by atoms with Crippen LogP contribution in [0.4, 0.5) is 0 Å². The number of amides is 2. The summed E-state index contributed by atoms with van der Waals surface area (Å²) in [6.07, 6.45) is 3.65. The molecule has 1 aliphatic rings. The molecule has 0 radical (unpaired) electrons. The van der Waals surface area contributed by atoms with Crippen LogP contribution in [0.15, 0.2) is 43.0 Å². The topological polar surface area (TPSA) is 58.2 Å². The molecule has 0 atom stereocenters. The van der Waals surface area contributed by atoms with Gasteiger partial charge in [0.2, 0.25) is 11.8 Å². The fourth-order valence-corrected chi connectivity index (χ4v) is 2.15. The van der Waals surface area contributed by atoms with Crippen molar-refractivity contribution in [3.8, 4) is 0 Å². The first-order valence-corrected chi connectivity index (χ1v) is 6.90. The molecule has 4 nitrogen and oxygen atoms in total. The van der Waals surface area contributed by atoms with Crippen molar-refractivity contribution in [1.29, 1.82) is 0 Å². The lowest BCUT2D eigenvalue weighted by Crippen LogP contribution is -2.43. The summed E-state index contributed by atoms with van der Waals surface area (Å²) in [7, 11) is 0. The molecular weight excluding hydrogens is 252 g/mol. The van der Waals surface area contributed by atoms with Gasteiger partial charge < -0.3 is 10.6 Å². The van der Waals surface area contributed by atoms with Crippen LogP contribution in [0.3, 0.4) is 0 Å². The third kappa shape index (κ3) is 3.26. The van der Waals surface area contributed by atoms with E-state index in [0.29, 0.717) is 25.9 Å². The van der Waals surface area contributed by atoms with Gasteiger partial charge in [0.05, 0.1) is 0 Å². The average Bonchev–Trinajstić information content (AvgIpc) is 3.27. The summed E-state index contributed by atoms with van der Waals surface area (Å²) in [5.41, 5.74) is 0.341. The second-order valence-corrected chi connectivity index (χ2v) is 5.07. The first-order chi connectivity index (χ1) is 9.69. The summed E-state index contributed by atoms with van der Waals surface area (Å²) in [4.78, 5) is 24.1. The van der Waals surface area contributed by atoms with Gasteiger partial charge in [0.15, 0.2) is 0 Å². The van der Waals surface area contributed by atoms with E-state index in [0.717, 1.165) is 6.42 Å². The lowest BCUT2D eigenvalue weighted by molar-refractivity contribution is -0.137. The molecule has 0 spiro atoms. The highest BCUT2D eigenvalue weighted by Gasteiger charge is 2.56. The molecule has 0 saturated heterocycles. The number of carbonyl (C=O) groups excluding carboxylic acids is 2. The van der Waals surface area contributed by atoms with Crippen LogP contribution in [0.1, 0.15) is 18.4 Å². The van der Waals surface area contributed by atoms with Crippen molar-refractivity contribution >= 4 is 11.8 Å². The standard InChI is InChI=1S/C16H20N2O2/c1-2-11-17-14(19)16(9-10-16)15(20)18-12-8-13-6-4-3-5-7-13/h2-7H,1,8-12H2,(H,17,19)(H,18,20). The van der Waals surface area contributed by atoms with Crippen LogP contribution in [-0.2, 0) is 16.0 Å². The number of hydrogen-bond donors (Lipinski definition) is 2. The number of benzene rings is 1. The molecule has 0 heterocycles. The molecule has 2 rings (SSSR count). The van der Waals surface area contributed by atoms with Crippen LogP contribution in [0.5, 0.6) is 0 Å². The third-order valence-corrected chi connectivity index (χ3v) is 3.57. The maximum absolute atomic E-state index is 12.1. The van der Waals surface area contributed by atoms with E-state index < -0.39 is 5.41 Å². The molecule has 2 amide bonds. The molecule has 0 aliphatic heterocycles. The van der Waals surface area contributed by atoms with E-state index in [1.54, 1.807) is 6.08 Å². The van der Waals surface area contributed by atoms with E-state index in [9.17, 15) is 9.59 Å². The van der Waals surface area contributed by atoms with Crippen LogP contribution in [0.2, 0.25) is 0 Å². The van der Waals surface area contributed by atoms with Crippen molar-refractivity contribution in [2.45, 2.75) is 19.3 Å². The first kappa shape index (κ1) is 14.3. The van der Waals surface area contributed by atoms with Crippen molar-refractivity contribution in [2.24, 2.45) is 5.41 Å². The predicted molar refractivity (Wildman–Crippen MR) is 78.0 cm³/mol. The Bertz CT molecular complexity index is 492. The Balaban J connectivity index is 1.80. The number of hydrogen-bond acceptors (Lipinski definition) is 2. The summed E-state index contributed by atoms with van der Waals surface area (Å²) in [5.74, 6) is -0.343. The Morgan fingerprint density at radius 2 is 1.80 bits per heavy atom. The molecule has 1 aromatic rings. The van der Waals surface area contributed by atoms with Crippen molar-refractivity contribution in [3.63, 3.8) is 0 Å². The predicted octanol–water partition coefficient (Wildman–Crippen LogP) is 1.43. The molecule has 1 aliphatic carbocycles. The molecule has 0 bridgehead atoms. The molecule has 2 N–H and O–H groups in total. The van der Waals surface area contributed by atoms with Crippen molar-refractivity contribution in [3.05, 3.63) is 48.6 Å². The molecule has 0 aromatic heterocycles. The molecular formula is C16H20N2O2. The molecule has 106 valence electrons. The van der Waals surface area contributed by atoms with E-state index in [1.165, 1.54) is 5.56 Å². The van der Waals surface area contributed by atoms with E-state index >= 15 is 0 Å². The van der Waals surface area contributed by atoms with E-state index in [4.69, 9.17) is 0 Å². The van der Waals surface area contributed by atoms with Gasteiger partial charge in [-0.1, -0.05) is 36.4 Å². The average molecular weight is 272 g/mol. The Kier molecular flexibility index (Phi) is 4.56. The summed E-state index contributed by atoms with van der Waals surface area (Å²) >= 11 is 0. The normalized spacial score (nSPS) is 15.2. The Morgan fingerprint density at radius 1 is 1.15 bits per heavy atom. The minimum atomic E-state index is -0.834. The molecule has 0 unspecified atom stereocenters. The number of nitrogens with one attached hydrogen (secondary N) is 2. The van der Waals surface area contributed by atoms with Crippen LogP contribution >= 0.6 is 0 Å². The maximum atomic E-state index is 12.1. The van der Waals surface area contributed by atoms with Gasteiger partial charge in [0.25, 0.3) is 0 Å². The second-order valence-electron chi connectivity index (χ2n) is 5.07. The quantitative estimate of drug-likeness (QED) is 0.583. The highest BCUT2D eigenvalue weighted by atomic mass is 16.2. The molecule has 1 saturated carbocycles. The van der Waals surface area contributed by atoms with Gasteiger partial charge in [-0.3, -0.25) is 9.59 Å². The van der Waals surface area contributed by atoms with Gasteiger partial charge >= 0.3 is 0 Å². The lowest BCUT2D eigenvalue weighted by Gasteiger charge is -2.14. The highest BCUT2D eigenvalue weighted by Crippen LogP contribution is 2.46. The van der Waals surface area contributed by atoms with E-state index in [1.807, 2.05) is 30.3 Å². The second kappa shape index (κ2) is 6.37. The zero-order chi connectivity index (χ0) is 14.4. The SMILES string of the molecule is C=CCNC(=O)C1(C(=O)NCCc2ccccc2)CC1. The fourth-order valence-electron chi connectivity index (χ4n) is 2.15. The number of carbonyl (C=O) groups is 2. The summed E-state index contributed by atoms with van der Waals surface area (Å²) in [5, 5.41) is 5.57. The Hall–Kier alpha value is -2.10. The van der Waals surface area contributed by atoms with Crippen LogP contribution in [0.25, 0.3) is 0 Å². The summed E-state index contributed by atoms with van der Waals surface area (Å²) < 4.78 is 0. The smallest absolute Gasteiger partial charge is 0.235 e. The highest BCUT2D eigenvalue weighted by molar-refractivity contribution is 6.07. The van der Waals surface area contributed by atoms with Crippen molar-refractivity contribution in [1.82, 2.24) is 10.6 Å². The lowest BCUT2D eigenvalue weighted by atomic mass is 10.0. The minimum Gasteiger partial charge on any atom is -0.355 e. The molecule has 1 aromatic carbocycles. The summed E-state index contributed by atoms with van der Waals surface area (Å²) in [6.45, 7) is 4.50. The fraction of sp³-hybridized carbons (Fsp3) is 0.375. The van der Waals surface area contributed by atoms with Crippen molar-refractivity contribution < 1.29 is 9.59 Å². The zero-order valence-electron chi connectivity index (χ0n) is 11.5. The third-order valence-electron chi connectivity index (χ3n) is 3.57. The van der Waals surface area contributed by atoms with Gasteiger partial charge in [-0.25, -0.2) is 0 Å². The van der Waals surface area contributed by atoms with Crippen LogP contribution in [-0.4, -0.2) is 24.9 Å². The maximum Gasteiger partial charge on any atom is 0.235 e. The van der Waals surface area contributed by atoms with E-state index in [2.05, 4.69) is 17.2 Å².